The molecule has 128 valence electrons. The Morgan fingerprint density at radius 3 is 2.00 bits per heavy atom. The van der Waals surface area contributed by atoms with Gasteiger partial charge in [0, 0.05) is 24.8 Å². The van der Waals surface area contributed by atoms with Gasteiger partial charge in [-0.15, -0.1) is 0 Å². The summed E-state index contributed by atoms with van der Waals surface area (Å²) >= 11 is 0. The molecule has 0 unspecified atom stereocenters. The summed E-state index contributed by atoms with van der Waals surface area (Å²) in [6, 6.07) is 7.47. The van der Waals surface area contributed by atoms with Crippen LogP contribution in [0.25, 0.3) is 0 Å². The molecule has 0 saturated heterocycles. The third-order valence-electron chi connectivity index (χ3n) is 3.52. The van der Waals surface area contributed by atoms with Crippen molar-refractivity contribution < 1.29 is 17.6 Å². The van der Waals surface area contributed by atoms with Crippen molar-refractivity contribution in [1.82, 2.24) is 0 Å². The molecule has 0 aliphatic heterocycles. The van der Waals surface area contributed by atoms with E-state index in [0.29, 0.717) is 5.56 Å². The van der Waals surface area contributed by atoms with Crippen LogP contribution in [0.3, 0.4) is 0 Å². The van der Waals surface area contributed by atoms with Crippen molar-refractivity contribution >= 4 is 17.6 Å². The second kappa shape index (κ2) is 7.81. The van der Waals surface area contributed by atoms with E-state index in [1.165, 1.54) is 6.21 Å². The number of hydrogen-bond acceptors (Lipinski definition) is 3. The van der Waals surface area contributed by atoms with Gasteiger partial charge in [0.15, 0.2) is 23.3 Å². The molecule has 0 radical (unpaired) electrons. The first kappa shape index (κ1) is 17.8. The molecular formula is C17H17F4N3. The predicted octanol–water partition coefficient (Wildman–Crippen LogP) is 4.54. The van der Waals surface area contributed by atoms with Crippen LogP contribution >= 0.6 is 0 Å². The summed E-state index contributed by atoms with van der Waals surface area (Å²) in [5, 5.41) is 3.63. The number of anilines is 2. The Balaban J connectivity index is 2.13. The van der Waals surface area contributed by atoms with Crippen LogP contribution in [0, 0.1) is 23.3 Å². The molecule has 0 bridgehead atoms. The van der Waals surface area contributed by atoms with Crippen molar-refractivity contribution in [1.29, 1.82) is 0 Å². The Kier molecular flexibility index (Phi) is 5.78. The first-order chi connectivity index (χ1) is 11.5. The van der Waals surface area contributed by atoms with Crippen molar-refractivity contribution in [3.63, 3.8) is 0 Å². The van der Waals surface area contributed by atoms with Crippen molar-refractivity contribution in [2.45, 2.75) is 13.8 Å². The number of nitrogens with one attached hydrogen (secondary N) is 1. The number of nitrogens with zero attached hydrogens (tertiary/aromatic N) is 2. The molecule has 0 aromatic heterocycles. The smallest absolute Gasteiger partial charge is 0.186 e. The quantitative estimate of drug-likeness (QED) is 0.362. The molecule has 2 aromatic rings. The Morgan fingerprint density at radius 1 is 0.958 bits per heavy atom. The maximum Gasteiger partial charge on any atom is 0.186 e. The molecule has 1 N–H and O–H groups in total. The maximum atomic E-state index is 13.5. The Bertz CT molecular complexity index is 699. The minimum atomic E-state index is -1.53. The van der Waals surface area contributed by atoms with E-state index < -0.39 is 29.0 Å². The fraction of sp³-hybridized carbons (Fsp3) is 0.235. The first-order valence-corrected chi connectivity index (χ1v) is 7.45. The molecule has 0 spiro atoms. The topological polar surface area (TPSA) is 27.6 Å². The second-order valence-electron chi connectivity index (χ2n) is 4.98. The molecule has 2 aromatic carbocycles. The molecule has 0 heterocycles. The van der Waals surface area contributed by atoms with E-state index in [2.05, 4.69) is 10.0 Å². The lowest BCUT2D eigenvalue weighted by Crippen LogP contribution is -2.21. The van der Waals surface area contributed by atoms with Crippen LogP contribution in [0.1, 0.15) is 19.4 Å². The maximum absolute atomic E-state index is 13.5. The lowest BCUT2D eigenvalue weighted by atomic mass is 10.2. The van der Waals surface area contributed by atoms with Crippen molar-refractivity contribution in [3.05, 3.63) is 59.2 Å². The van der Waals surface area contributed by atoms with Gasteiger partial charge in [-0.1, -0.05) is 12.1 Å². The average molecular weight is 339 g/mol. The SMILES string of the molecule is CCN(CC)c1ccc(C=NNc2c(F)c(F)cc(F)c2F)cc1. The predicted molar refractivity (Wildman–Crippen MR) is 87.5 cm³/mol. The second-order valence-corrected chi connectivity index (χ2v) is 4.98. The van der Waals surface area contributed by atoms with E-state index in [1.54, 1.807) is 12.1 Å². The largest absolute Gasteiger partial charge is 0.372 e. The standard InChI is InChI=1S/C17H17F4N3/c1-3-24(4-2)12-7-5-11(6-8-12)10-22-23-17-15(20)13(18)9-14(19)16(17)21/h5-10,23H,3-4H2,1-2H3. The Labute approximate surface area is 137 Å². The fourth-order valence-electron chi connectivity index (χ4n) is 2.20. The van der Waals surface area contributed by atoms with Gasteiger partial charge in [0.05, 0.1) is 6.21 Å². The molecule has 0 aliphatic carbocycles. The fourth-order valence-corrected chi connectivity index (χ4v) is 2.20. The van der Waals surface area contributed by atoms with Crippen LogP contribution in [0.2, 0.25) is 0 Å². The molecular weight excluding hydrogens is 322 g/mol. The average Bonchev–Trinajstić information content (AvgIpc) is 2.58. The van der Waals surface area contributed by atoms with Crippen LogP contribution in [0.15, 0.2) is 35.4 Å². The summed E-state index contributed by atoms with van der Waals surface area (Å²) in [6.07, 6.45) is 1.30. The third-order valence-corrected chi connectivity index (χ3v) is 3.52. The van der Waals surface area contributed by atoms with E-state index in [1.807, 2.05) is 31.4 Å². The highest BCUT2D eigenvalue weighted by Gasteiger charge is 2.18. The van der Waals surface area contributed by atoms with E-state index in [0.717, 1.165) is 18.8 Å². The van der Waals surface area contributed by atoms with Crippen LogP contribution in [-0.4, -0.2) is 19.3 Å². The van der Waals surface area contributed by atoms with Gasteiger partial charge in [-0.3, -0.25) is 5.43 Å². The summed E-state index contributed by atoms with van der Waals surface area (Å²) in [4.78, 5) is 2.15. The van der Waals surface area contributed by atoms with Crippen LogP contribution in [0.4, 0.5) is 28.9 Å². The highest BCUT2D eigenvalue weighted by Crippen LogP contribution is 2.24. The molecule has 2 rings (SSSR count). The first-order valence-electron chi connectivity index (χ1n) is 7.45. The van der Waals surface area contributed by atoms with E-state index in [4.69, 9.17) is 0 Å². The van der Waals surface area contributed by atoms with Gasteiger partial charge >= 0.3 is 0 Å². The molecule has 7 heteroatoms. The summed E-state index contributed by atoms with van der Waals surface area (Å²) in [5.74, 6) is -6.03. The van der Waals surface area contributed by atoms with Crippen molar-refractivity contribution in [2.75, 3.05) is 23.4 Å². The lowest BCUT2D eigenvalue weighted by Gasteiger charge is -2.20. The summed E-state index contributed by atoms with van der Waals surface area (Å²) in [7, 11) is 0. The highest BCUT2D eigenvalue weighted by molar-refractivity contribution is 5.81. The molecule has 0 atom stereocenters. The summed E-state index contributed by atoms with van der Waals surface area (Å²) in [6.45, 7) is 5.83. The van der Waals surface area contributed by atoms with Crippen molar-refractivity contribution in [3.8, 4) is 0 Å². The van der Waals surface area contributed by atoms with E-state index in [-0.39, 0.29) is 6.07 Å². The van der Waals surface area contributed by atoms with Gasteiger partial charge in [0.25, 0.3) is 0 Å². The van der Waals surface area contributed by atoms with Crippen molar-refractivity contribution in [2.24, 2.45) is 5.10 Å². The van der Waals surface area contributed by atoms with Gasteiger partial charge < -0.3 is 4.90 Å². The third kappa shape index (κ3) is 3.84. The Morgan fingerprint density at radius 2 is 1.50 bits per heavy atom. The number of benzene rings is 2. The lowest BCUT2D eigenvalue weighted by molar-refractivity contribution is 0.458. The van der Waals surface area contributed by atoms with Crippen LogP contribution in [-0.2, 0) is 0 Å². The zero-order chi connectivity index (χ0) is 17.7. The molecule has 0 fully saturated rings. The van der Waals surface area contributed by atoms with Gasteiger partial charge in [0.2, 0.25) is 0 Å². The van der Waals surface area contributed by atoms with Crippen LogP contribution < -0.4 is 10.3 Å². The van der Waals surface area contributed by atoms with Gasteiger partial charge in [0.1, 0.15) is 5.69 Å². The monoisotopic (exact) mass is 339 g/mol. The number of hydrazone groups is 1. The Hall–Kier alpha value is -2.57. The highest BCUT2D eigenvalue weighted by atomic mass is 19.2. The summed E-state index contributed by atoms with van der Waals surface area (Å²) in [5.41, 5.74) is 2.73. The molecule has 24 heavy (non-hydrogen) atoms. The molecule has 0 aliphatic rings. The zero-order valence-electron chi connectivity index (χ0n) is 13.3. The normalized spacial score (nSPS) is 11.1. The van der Waals surface area contributed by atoms with E-state index >= 15 is 0 Å². The minimum Gasteiger partial charge on any atom is -0.372 e. The minimum absolute atomic E-state index is 0.144. The molecule has 0 amide bonds. The zero-order valence-corrected chi connectivity index (χ0v) is 13.3. The number of hydrogen-bond donors (Lipinski definition) is 1. The number of rotatable bonds is 6. The number of halogens is 4. The van der Waals surface area contributed by atoms with Gasteiger partial charge in [-0.05, 0) is 31.5 Å². The van der Waals surface area contributed by atoms with Gasteiger partial charge in [-0.25, -0.2) is 17.6 Å². The molecule has 0 saturated carbocycles. The summed E-state index contributed by atoms with van der Waals surface area (Å²) < 4.78 is 53.1. The van der Waals surface area contributed by atoms with Crippen LogP contribution in [0.5, 0.6) is 0 Å². The molecule has 3 nitrogen and oxygen atoms in total. The van der Waals surface area contributed by atoms with Gasteiger partial charge in [-0.2, -0.15) is 5.10 Å². The van der Waals surface area contributed by atoms with E-state index in [9.17, 15) is 17.6 Å².